The third kappa shape index (κ3) is 9.12. The number of hydrogen-bond donors (Lipinski definition) is 5. The van der Waals surface area contributed by atoms with Crippen LogP contribution in [-0.2, 0) is 39.3 Å². The molecule has 2 saturated carbocycles. The van der Waals surface area contributed by atoms with E-state index in [1.807, 2.05) is 6.07 Å². The summed E-state index contributed by atoms with van der Waals surface area (Å²) in [7, 11) is -3.55. The molecule has 272 valence electrons. The summed E-state index contributed by atoms with van der Waals surface area (Å²) in [4.78, 5) is 49.4. The Morgan fingerprint density at radius 2 is 2.14 bits per heavy atom. The van der Waals surface area contributed by atoms with Crippen molar-refractivity contribution in [1.29, 1.82) is 5.26 Å². The second kappa shape index (κ2) is 16.8. The van der Waals surface area contributed by atoms with Gasteiger partial charge in [0.05, 0.1) is 43.9 Å². The lowest BCUT2D eigenvalue weighted by atomic mass is 10.1. The van der Waals surface area contributed by atoms with Gasteiger partial charge in [-0.3, -0.25) is 24.5 Å². The molecule has 23 heteroatoms. The number of aromatic amines is 1. The number of carbonyl (C=O) groups is 1. The molecule has 5 rings (SSSR count). The summed E-state index contributed by atoms with van der Waals surface area (Å²) in [6.07, 6.45) is -0.539. The molecule has 2 aliphatic carbocycles. The van der Waals surface area contributed by atoms with Crippen molar-refractivity contribution in [2.45, 2.75) is 70.0 Å². The van der Waals surface area contributed by atoms with Gasteiger partial charge in [-0.05, 0) is 43.1 Å². The van der Waals surface area contributed by atoms with Crippen LogP contribution in [0.1, 0.15) is 45.6 Å². The highest BCUT2D eigenvalue weighted by molar-refractivity contribution is 8.07. The number of anilines is 2. The van der Waals surface area contributed by atoms with E-state index in [-0.39, 0.29) is 68.0 Å². The number of aromatic nitrogens is 7. The Kier molecular flexibility index (Phi) is 12.7. The molecule has 3 heterocycles. The number of amides is 1. The van der Waals surface area contributed by atoms with Gasteiger partial charge in [0.25, 0.3) is 5.56 Å². The van der Waals surface area contributed by atoms with Crippen LogP contribution in [0.3, 0.4) is 0 Å². The minimum absolute atomic E-state index is 0.0472. The normalized spacial score (nSPS) is 26.9. The van der Waals surface area contributed by atoms with Crippen LogP contribution in [0.4, 0.5) is 16.2 Å². The fourth-order valence-electron chi connectivity index (χ4n) is 5.86. The molecule has 1 amide bonds. The molecule has 5 N–H and O–H groups in total. The molecular weight excluding hydrogens is 721 g/mol. The van der Waals surface area contributed by atoms with Crippen molar-refractivity contribution < 1.29 is 41.8 Å². The SMILES string of the molecule is CC(C)C(=O)Nc1nc2c(nnn2[C@@H]2C[C@H](CO)C[C@H]2O[P@@](=S)(OCCC#N)OC[C@H]2C[C@@H](Nc3ccncn3)[C@H](F)[C@@H]2O[PH](=O)O)c(=O)[nH]1. The molecule has 0 radical (unpaired) electrons. The van der Waals surface area contributed by atoms with Crippen molar-refractivity contribution >= 4 is 55.6 Å². The smallest absolute Gasteiger partial charge is 0.327 e. The summed E-state index contributed by atoms with van der Waals surface area (Å²) in [6, 6.07) is 1.95. The van der Waals surface area contributed by atoms with Gasteiger partial charge < -0.3 is 33.4 Å². The number of nitrogens with one attached hydrogen (secondary N) is 3. The van der Waals surface area contributed by atoms with Gasteiger partial charge in [-0.25, -0.2) is 19.0 Å². The third-order valence-electron chi connectivity index (χ3n) is 8.29. The van der Waals surface area contributed by atoms with Crippen LogP contribution in [0.2, 0.25) is 0 Å². The lowest BCUT2D eigenvalue weighted by molar-refractivity contribution is -0.118. The number of aliphatic hydroxyl groups excluding tert-OH is 1. The number of alkyl halides is 1. The highest BCUT2D eigenvalue weighted by Crippen LogP contribution is 2.56. The van der Waals surface area contributed by atoms with Gasteiger partial charge in [0.1, 0.15) is 24.4 Å². The maximum Gasteiger partial charge on any atom is 0.327 e. The molecule has 3 aromatic rings. The number of nitriles is 1. The number of halogens is 1. The van der Waals surface area contributed by atoms with Crippen LogP contribution in [0.15, 0.2) is 23.4 Å². The monoisotopic (exact) mass is 758 g/mol. The van der Waals surface area contributed by atoms with E-state index in [4.69, 9.17) is 35.2 Å². The van der Waals surface area contributed by atoms with Gasteiger partial charge in [0, 0.05) is 24.6 Å². The van der Waals surface area contributed by atoms with Gasteiger partial charge in [0.15, 0.2) is 11.2 Å². The van der Waals surface area contributed by atoms with Crippen LogP contribution in [-0.4, -0.2) is 95.1 Å². The first-order valence-electron chi connectivity index (χ1n) is 15.7. The molecular formula is C27H37FN10O9P2S. The fourth-order valence-corrected chi connectivity index (χ4v) is 8.59. The Morgan fingerprint density at radius 1 is 1.34 bits per heavy atom. The highest BCUT2D eigenvalue weighted by Gasteiger charge is 2.47. The Hall–Kier alpha value is -3.31. The van der Waals surface area contributed by atoms with Crippen molar-refractivity contribution in [2.75, 3.05) is 30.5 Å². The second-order valence-corrected chi connectivity index (χ2v) is 15.8. The van der Waals surface area contributed by atoms with E-state index in [2.05, 4.69) is 40.9 Å². The van der Waals surface area contributed by atoms with Crippen LogP contribution >= 0.6 is 15.0 Å². The molecule has 2 aliphatic rings. The number of carbonyl (C=O) groups excluding carboxylic acids is 1. The number of rotatable bonds is 16. The molecule has 9 atom stereocenters. The molecule has 0 saturated heterocycles. The largest absolute Gasteiger partial charge is 0.396 e. The quantitative estimate of drug-likeness (QED) is 0.103. The fraction of sp³-hybridized carbons (Fsp3) is 0.630. The summed E-state index contributed by atoms with van der Waals surface area (Å²) in [5.74, 6) is -1.62. The summed E-state index contributed by atoms with van der Waals surface area (Å²) < 4.78 is 52.0. The molecule has 1 unspecified atom stereocenters. The molecule has 3 aromatic heterocycles. The predicted octanol–water partition coefficient (Wildman–Crippen LogP) is 2.00. The van der Waals surface area contributed by atoms with Crippen LogP contribution < -0.4 is 16.2 Å². The van der Waals surface area contributed by atoms with E-state index in [0.29, 0.717) is 12.2 Å². The number of H-pyrrole nitrogens is 1. The van der Waals surface area contributed by atoms with E-state index in [0.717, 1.165) is 0 Å². The van der Waals surface area contributed by atoms with Gasteiger partial charge in [-0.15, -0.1) is 5.10 Å². The molecule has 0 aliphatic heterocycles. The lowest BCUT2D eigenvalue weighted by Gasteiger charge is -2.29. The van der Waals surface area contributed by atoms with E-state index >= 15 is 4.39 Å². The molecule has 0 aromatic carbocycles. The third-order valence-corrected chi connectivity index (χ3v) is 11.1. The summed E-state index contributed by atoms with van der Waals surface area (Å²) in [6.45, 7) is -1.07. The molecule has 50 heavy (non-hydrogen) atoms. The Bertz CT molecular complexity index is 1820. The molecule has 2 fully saturated rings. The van der Waals surface area contributed by atoms with Crippen LogP contribution in [0.5, 0.6) is 0 Å². The zero-order valence-corrected chi connectivity index (χ0v) is 29.6. The number of hydrogen-bond acceptors (Lipinski definition) is 16. The molecule has 19 nitrogen and oxygen atoms in total. The summed E-state index contributed by atoms with van der Waals surface area (Å²) in [5.41, 5.74) is -0.688. The van der Waals surface area contributed by atoms with E-state index < -0.39 is 62.8 Å². The first-order chi connectivity index (χ1) is 23.9. The van der Waals surface area contributed by atoms with Crippen LogP contribution in [0, 0.1) is 29.1 Å². The minimum Gasteiger partial charge on any atom is -0.396 e. The maximum absolute atomic E-state index is 15.6. The standard InChI is InChI=1S/C27H37FN10O9P2S/c1-14(2)25(40)34-27-33-24-22(26(41)35-27)36-37-38(24)18-8-15(11-39)9-19(18)47-49(50,44-7-3-5-29)45-12-16-10-17(21(28)23(16)46-48(42)43)32-20-4-6-30-13-31-20/h4,6,13-19,21,23,39,48H,3,7-12H2,1-2H3,(H,42,43)(H,30,31,32)(H2,33,34,35,40,41)/t15-,16+,17+,18+,19+,21-,23+,49+/m0/s1. The number of aliphatic hydroxyl groups is 1. The summed E-state index contributed by atoms with van der Waals surface area (Å²) in [5, 5.41) is 32.9. The average Bonchev–Trinajstić information content (AvgIpc) is 3.76. The maximum atomic E-state index is 15.6. The zero-order valence-electron chi connectivity index (χ0n) is 26.9. The second-order valence-electron chi connectivity index (χ2n) is 12.1. The van der Waals surface area contributed by atoms with Crippen molar-refractivity contribution in [3.05, 3.63) is 28.9 Å². The van der Waals surface area contributed by atoms with Crippen LogP contribution in [0.25, 0.3) is 11.2 Å². The van der Waals surface area contributed by atoms with E-state index in [1.165, 1.54) is 17.2 Å². The van der Waals surface area contributed by atoms with Crippen molar-refractivity contribution in [3.63, 3.8) is 0 Å². The van der Waals surface area contributed by atoms with E-state index in [9.17, 15) is 24.2 Å². The molecule has 0 spiro atoms. The Morgan fingerprint density at radius 3 is 2.82 bits per heavy atom. The predicted molar refractivity (Wildman–Crippen MR) is 178 cm³/mol. The van der Waals surface area contributed by atoms with Crippen molar-refractivity contribution in [3.8, 4) is 6.07 Å². The molecule has 0 bridgehead atoms. The van der Waals surface area contributed by atoms with Gasteiger partial charge in [-0.2, -0.15) is 10.2 Å². The number of fused-ring (bicyclic) bond motifs is 1. The van der Waals surface area contributed by atoms with Gasteiger partial charge in [0.2, 0.25) is 11.9 Å². The Balaban J connectivity index is 1.39. The first kappa shape index (κ1) is 37.9. The Labute approximate surface area is 290 Å². The van der Waals surface area contributed by atoms with Gasteiger partial charge >= 0.3 is 15.0 Å². The first-order valence-corrected chi connectivity index (χ1v) is 19.5. The zero-order chi connectivity index (χ0) is 36.0. The topological polar surface area (TPSA) is 262 Å². The summed E-state index contributed by atoms with van der Waals surface area (Å²) >= 11 is 5.78. The highest BCUT2D eigenvalue weighted by atomic mass is 32.5. The van der Waals surface area contributed by atoms with Crippen molar-refractivity contribution in [1.82, 2.24) is 34.9 Å². The number of nitrogens with zero attached hydrogens (tertiary/aromatic N) is 7. The lowest BCUT2D eigenvalue weighted by Crippen LogP contribution is -2.33. The van der Waals surface area contributed by atoms with E-state index in [1.54, 1.807) is 19.9 Å². The van der Waals surface area contributed by atoms with Crippen molar-refractivity contribution in [2.24, 2.45) is 17.8 Å². The average molecular weight is 759 g/mol. The minimum atomic E-state index is -3.76. The van der Waals surface area contributed by atoms with Gasteiger partial charge in [-0.1, -0.05) is 19.1 Å².